The number of fused-ring (bicyclic) bond motifs is 3. The summed E-state index contributed by atoms with van der Waals surface area (Å²) in [5.41, 5.74) is 3.43. The van der Waals surface area contributed by atoms with E-state index in [2.05, 4.69) is 4.98 Å². The Morgan fingerprint density at radius 1 is 1.04 bits per heavy atom. The van der Waals surface area contributed by atoms with Crippen molar-refractivity contribution >= 4 is 21.9 Å². The molecule has 2 aromatic carbocycles. The highest BCUT2D eigenvalue weighted by molar-refractivity contribution is 6.05. The van der Waals surface area contributed by atoms with Crippen LogP contribution < -0.4 is 15.0 Å². The monoisotopic (exact) mass is 363 g/mol. The molecule has 0 aliphatic heterocycles. The van der Waals surface area contributed by atoms with Crippen molar-refractivity contribution in [2.75, 3.05) is 14.2 Å². The molecule has 0 aliphatic carbocycles. The average Bonchev–Trinajstić information content (AvgIpc) is 3.00. The van der Waals surface area contributed by atoms with Crippen molar-refractivity contribution in [1.82, 2.24) is 14.1 Å². The molecular formula is C21H21N3O3. The van der Waals surface area contributed by atoms with Crippen LogP contribution in [0, 0.1) is 0 Å². The highest BCUT2D eigenvalue weighted by Crippen LogP contribution is 2.28. The van der Waals surface area contributed by atoms with Gasteiger partial charge in [-0.2, -0.15) is 0 Å². The van der Waals surface area contributed by atoms with E-state index in [4.69, 9.17) is 9.47 Å². The summed E-state index contributed by atoms with van der Waals surface area (Å²) in [6.45, 7) is 0.540. The van der Waals surface area contributed by atoms with Crippen LogP contribution >= 0.6 is 0 Å². The lowest BCUT2D eigenvalue weighted by atomic mass is 10.1. The Morgan fingerprint density at radius 2 is 1.81 bits per heavy atom. The summed E-state index contributed by atoms with van der Waals surface area (Å²) in [4.78, 5) is 17.6. The van der Waals surface area contributed by atoms with Crippen LogP contribution in [-0.2, 0) is 20.0 Å². The van der Waals surface area contributed by atoms with Crippen molar-refractivity contribution in [3.8, 4) is 11.5 Å². The third-order valence-corrected chi connectivity index (χ3v) is 4.96. The van der Waals surface area contributed by atoms with E-state index < -0.39 is 0 Å². The van der Waals surface area contributed by atoms with Crippen LogP contribution in [0.4, 0.5) is 0 Å². The highest BCUT2D eigenvalue weighted by atomic mass is 16.5. The summed E-state index contributed by atoms with van der Waals surface area (Å²) in [5.74, 6) is 1.38. The van der Waals surface area contributed by atoms with Crippen molar-refractivity contribution in [3.63, 3.8) is 0 Å². The Bertz CT molecular complexity index is 1190. The molecule has 0 N–H and O–H groups in total. The quantitative estimate of drug-likeness (QED) is 0.547. The number of aryl methyl sites for hydroxylation is 3. The summed E-state index contributed by atoms with van der Waals surface area (Å²) < 4.78 is 14.2. The van der Waals surface area contributed by atoms with Gasteiger partial charge < -0.3 is 14.0 Å². The predicted octanol–water partition coefficient (Wildman–Crippen LogP) is 3.15. The van der Waals surface area contributed by atoms with E-state index in [9.17, 15) is 4.79 Å². The predicted molar refractivity (Wildman–Crippen MR) is 106 cm³/mol. The molecule has 6 nitrogen and oxygen atoms in total. The molecule has 27 heavy (non-hydrogen) atoms. The van der Waals surface area contributed by atoms with Gasteiger partial charge in [0.15, 0.2) is 11.5 Å². The van der Waals surface area contributed by atoms with Gasteiger partial charge in [-0.3, -0.25) is 9.36 Å². The zero-order valence-corrected chi connectivity index (χ0v) is 15.6. The zero-order valence-electron chi connectivity index (χ0n) is 15.6. The molecule has 0 spiro atoms. The molecule has 0 unspecified atom stereocenters. The minimum atomic E-state index is -0.0285. The van der Waals surface area contributed by atoms with Crippen molar-refractivity contribution in [2.45, 2.75) is 13.0 Å². The molecule has 0 radical (unpaired) electrons. The van der Waals surface area contributed by atoms with Gasteiger partial charge >= 0.3 is 0 Å². The molecule has 0 bridgehead atoms. The van der Waals surface area contributed by atoms with E-state index in [-0.39, 0.29) is 5.56 Å². The van der Waals surface area contributed by atoms with Crippen LogP contribution in [0.15, 0.2) is 53.6 Å². The third kappa shape index (κ3) is 2.83. The number of benzene rings is 2. The van der Waals surface area contributed by atoms with Crippen molar-refractivity contribution < 1.29 is 9.47 Å². The lowest BCUT2D eigenvalue weighted by Crippen LogP contribution is -2.23. The van der Waals surface area contributed by atoms with Gasteiger partial charge in [-0.1, -0.05) is 24.3 Å². The average molecular weight is 363 g/mol. The van der Waals surface area contributed by atoms with Crippen LogP contribution in [-0.4, -0.2) is 28.3 Å². The SMILES string of the molecule is COc1ccc(CCn2cnc3c4ccccc4n(C)c3c2=O)cc1OC. The van der Waals surface area contributed by atoms with Gasteiger partial charge in [-0.25, -0.2) is 4.98 Å². The van der Waals surface area contributed by atoms with E-state index in [1.165, 1.54) is 0 Å². The van der Waals surface area contributed by atoms with E-state index in [0.29, 0.717) is 30.0 Å². The topological polar surface area (TPSA) is 58.3 Å². The first-order valence-corrected chi connectivity index (χ1v) is 8.77. The fourth-order valence-electron chi connectivity index (χ4n) is 3.51. The molecule has 0 saturated heterocycles. The Kier molecular flexibility index (Phi) is 4.32. The zero-order chi connectivity index (χ0) is 19.0. The van der Waals surface area contributed by atoms with E-state index in [0.717, 1.165) is 22.0 Å². The number of aromatic nitrogens is 3. The maximum absolute atomic E-state index is 13.0. The van der Waals surface area contributed by atoms with Gasteiger partial charge in [0.25, 0.3) is 5.56 Å². The van der Waals surface area contributed by atoms with Gasteiger partial charge in [-0.05, 0) is 30.2 Å². The highest BCUT2D eigenvalue weighted by Gasteiger charge is 2.14. The van der Waals surface area contributed by atoms with Crippen LogP contribution in [0.3, 0.4) is 0 Å². The number of hydrogen-bond donors (Lipinski definition) is 0. The van der Waals surface area contributed by atoms with Crippen LogP contribution in [0.25, 0.3) is 21.9 Å². The standard InChI is InChI=1S/C21H21N3O3/c1-23-16-7-5-4-6-15(16)19-20(23)21(25)24(13-22-19)11-10-14-8-9-17(26-2)18(12-14)27-3/h4-9,12-13H,10-11H2,1-3H3. The second-order valence-electron chi connectivity index (χ2n) is 6.46. The molecule has 2 heterocycles. The number of nitrogens with zero attached hydrogens (tertiary/aromatic N) is 3. The molecule has 2 aromatic heterocycles. The fraction of sp³-hybridized carbons (Fsp3) is 0.238. The van der Waals surface area contributed by atoms with Crippen LogP contribution in [0.1, 0.15) is 5.56 Å². The Labute approximate surface area is 156 Å². The van der Waals surface area contributed by atoms with Crippen molar-refractivity contribution in [1.29, 1.82) is 0 Å². The first kappa shape index (κ1) is 17.1. The Balaban J connectivity index is 1.69. The van der Waals surface area contributed by atoms with Crippen LogP contribution in [0.5, 0.6) is 11.5 Å². The van der Waals surface area contributed by atoms with Gasteiger partial charge in [0.05, 0.1) is 26.1 Å². The summed E-state index contributed by atoms with van der Waals surface area (Å²) in [5, 5.41) is 0.999. The van der Waals surface area contributed by atoms with E-state index in [1.54, 1.807) is 25.1 Å². The molecule has 4 aromatic rings. The van der Waals surface area contributed by atoms with Gasteiger partial charge in [0.1, 0.15) is 11.0 Å². The summed E-state index contributed by atoms with van der Waals surface area (Å²) >= 11 is 0. The molecule has 0 aliphatic rings. The van der Waals surface area contributed by atoms with Crippen molar-refractivity contribution in [2.24, 2.45) is 7.05 Å². The third-order valence-electron chi connectivity index (χ3n) is 4.96. The molecule has 4 rings (SSSR count). The Morgan fingerprint density at radius 3 is 2.59 bits per heavy atom. The van der Waals surface area contributed by atoms with E-state index >= 15 is 0 Å². The molecule has 0 fully saturated rings. The molecular weight excluding hydrogens is 342 g/mol. The lowest BCUT2D eigenvalue weighted by Gasteiger charge is -2.10. The van der Waals surface area contributed by atoms with Crippen LogP contribution in [0.2, 0.25) is 0 Å². The number of methoxy groups -OCH3 is 2. The van der Waals surface area contributed by atoms with Crippen molar-refractivity contribution in [3.05, 3.63) is 64.7 Å². The molecule has 6 heteroatoms. The maximum atomic E-state index is 13.0. The largest absolute Gasteiger partial charge is 0.493 e. The smallest absolute Gasteiger partial charge is 0.277 e. The van der Waals surface area contributed by atoms with Gasteiger partial charge in [-0.15, -0.1) is 0 Å². The van der Waals surface area contributed by atoms with E-state index in [1.807, 2.05) is 54.1 Å². The second kappa shape index (κ2) is 6.79. The second-order valence-corrected chi connectivity index (χ2v) is 6.46. The normalized spacial score (nSPS) is 11.2. The fourth-order valence-corrected chi connectivity index (χ4v) is 3.51. The lowest BCUT2D eigenvalue weighted by molar-refractivity contribution is 0.354. The maximum Gasteiger partial charge on any atom is 0.277 e. The molecule has 0 saturated carbocycles. The van der Waals surface area contributed by atoms with Gasteiger partial charge in [0, 0.05) is 19.0 Å². The molecule has 138 valence electrons. The first-order chi connectivity index (χ1) is 13.1. The summed E-state index contributed by atoms with van der Waals surface area (Å²) in [6.07, 6.45) is 2.33. The number of rotatable bonds is 5. The summed E-state index contributed by atoms with van der Waals surface area (Å²) in [6, 6.07) is 13.7. The number of para-hydroxylation sites is 1. The minimum Gasteiger partial charge on any atom is -0.493 e. The minimum absolute atomic E-state index is 0.0285. The number of hydrogen-bond acceptors (Lipinski definition) is 4. The summed E-state index contributed by atoms with van der Waals surface area (Å²) in [7, 11) is 5.14. The first-order valence-electron chi connectivity index (χ1n) is 8.77. The molecule has 0 amide bonds. The molecule has 0 atom stereocenters. The number of ether oxygens (including phenoxy) is 2. The van der Waals surface area contributed by atoms with Gasteiger partial charge in [0.2, 0.25) is 0 Å². The Hall–Kier alpha value is -3.28.